The second-order valence-corrected chi connectivity index (χ2v) is 5.77. The molecule has 1 fully saturated rings. The van der Waals surface area contributed by atoms with E-state index in [4.69, 9.17) is 5.73 Å². The molecule has 0 spiro atoms. The molecule has 0 saturated carbocycles. The summed E-state index contributed by atoms with van der Waals surface area (Å²) in [6.07, 6.45) is 1.57. The van der Waals surface area contributed by atoms with Crippen LogP contribution in [0.15, 0.2) is 18.3 Å². The molecule has 0 aliphatic carbocycles. The van der Waals surface area contributed by atoms with Gasteiger partial charge in [-0.25, -0.2) is 4.98 Å². The van der Waals surface area contributed by atoms with Gasteiger partial charge in [0.1, 0.15) is 5.69 Å². The van der Waals surface area contributed by atoms with Gasteiger partial charge >= 0.3 is 0 Å². The Morgan fingerprint density at radius 3 is 2.74 bits per heavy atom. The lowest BCUT2D eigenvalue weighted by atomic mass is 10.2. The van der Waals surface area contributed by atoms with Gasteiger partial charge in [-0.05, 0) is 12.1 Å². The van der Waals surface area contributed by atoms with Crippen molar-refractivity contribution in [1.82, 2.24) is 9.88 Å². The normalized spacial score (nSPS) is 15.7. The van der Waals surface area contributed by atoms with Gasteiger partial charge in [-0.3, -0.25) is 9.00 Å². The Labute approximate surface area is 114 Å². The minimum absolute atomic E-state index is 0.116. The molecule has 1 aromatic heterocycles. The quantitative estimate of drug-likeness (QED) is 0.708. The number of carbonyl (C=O) groups excluding carboxylic acids is 1. The summed E-state index contributed by atoms with van der Waals surface area (Å²) >= 11 is 0. The predicted molar refractivity (Wildman–Crippen MR) is 73.9 cm³/mol. The number of amides is 1. The van der Waals surface area contributed by atoms with Crippen molar-refractivity contribution in [2.75, 3.05) is 31.1 Å². The van der Waals surface area contributed by atoms with Crippen LogP contribution in [0.25, 0.3) is 0 Å². The molecule has 19 heavy (non-hydrogen) atoms. The van der Waals surface area contributed by atoms with Gasteiger partial charge < -0.3 is 10.6 Å². The van der Waals surface area contributed by atoms with E-state index in [2.05, 4.69) is 16.8 Å². The first-order valence-corrected chi connectivity index (χ1v) is 7.49. The Balaban J connectivity index is 2.05. The molecule has 5 nitrogen and oxygen atoms in total. The molecule has 1 aliphatic rings. The number of nitrogens with zero attached hydrogens (tertiary/aromatic N) is 2. The summed E-state index contributed by atoms with van der Waals surface area (Å²) in [6.45, 7) is 1.36. The minimum atomic E-state index is -0.786. The van der Waals surface area contributed by atoms with Gasteiger partial charge in [0, 0.05) is 47.2 Å². The van der Waals surface area contributed by atoms with Crippen molar-refractivity contribution >= 4 is 16.7 Å². The molecule has 2 rings (SSSR count). The van der Waals surface area contributed by atoms with Gasteiger partial charge in [0.05, 0.1) is 6.54 Å². The predicted octanol–water partition coefficient (Wildman–Crippen LogP) is -0.404. The average molecular weight is 277 g/mol. The van der Waals surface area contributed by atoms with E-state index in [9.17, 15) is 9.00 Å². The minimum Gasteiger partial charge on any atom is -0.335 e. The Morgan fingerprint density at radius 1 is 1.42 bits per heavy atom. The van der Waals surface area contributed by atoms with Crippen molar-refractivity contribution in [2.24, 2.45) is 5.73 Å². The molecule has 0 unspecified atom stereocenters. The second kappa shape index (κ2) is 6.45. The van der Waals surface area contributed by atoms with E-state index in [1.165, 1.54) is 0 Å². The lowest BCUT2D eigenvalue weighted by molar-refractivity contribution is 0.0765. The SMILES string of the molecule is NCC#Cc1ccc(C(=O)N2CCS(=O)CC2)nc1. The molecular formula is C13H15N3O2S. The fourth-order valence-electron chi connectivity index (χ4n) is 1.75. The number of aromatic nitrogens is 1. The first-order valence-electron chi connectivity index (χ1n) is 6.00. The first-order chi connectivity index (χ1) is 9.20. The molecule has 1 amide bonds. The van der Waals surface area contributed by atoms with E-state index < -0.39 is 10.8 Å². The third kappa shape index (κ3) is 3.63. The Morgan fingerprint density at radius 2 is 2.16 bits per heavy atom. The fraction of sp³-hybridized carbons (Fsp3) is 0.385. The number of hydrogen-bond acceptors (Lipinski definition) is 4. The van der Waals surface area contributed by atoms with Crippen molar-refractivity contribution in [2.45, 2.75) is 0 Å². The van der Waals surface area contributed by atoms with E-state index in [-0.39, 0.29) is 5.91 Å². The zero-order valence-corrected chi connectivity index (χ0v) is 11.3. The molecule has 0 atom stereocenters. The Hall–Kier alpha value is -1.71. The summed E-state index contributed by atoms with van der Waals surface area (Å²) in [5.74, 6) is 6.56. The standard InChI is InChI=1S/C13H15N3O2S/c14-5-1-2-11-3-4-12(15-10-11)13(17)16-6-8-19(18)9-7-16/h3-4,10H,5-9,14H2. The molecule has 100 valence electrons. The van der Waals surface area contributed by atoms with Crippen molar-refractivity contribution in [3.8, 4) is 11.8 Å². The Bertz CT molecular complexity index is 535. The van der Waals surface area contributed by atoms with Crippen LogP contribution in [0, 0.1) is 11.8 Å². The van der Waals surface area contributed by atoms with E-state index in [1.54, 1.807) is 23.2 Å². The van der Waals surface area contributed by atoms with Crippen LogP contribution in [-0.2, 0) is 10.8 Å². The van der Waals surface area contributed by atoms with Gasteiger partial charge in [-0.1, -0.05) is 11.8 Å². The van der Waals surface area contributed by atoms with Gasteiger partial charge in [0.2, 0.25) is 0 Å². The molecule has 1 aliphatic heterocycles. The largest absolute Gasteiger partial charge is 0.335 e. The molecule has 0 bridgehead atoms. The van der Waals surface area contributed by atoms with Crippen LogP contribution in [0.3, 0.4) is 0 Å². The molecule has 1 aromatic rings. The number of rotatable bonds is 1. The van der Waals surface area contributed by atoms with E-state index in [0.29, 0.717) is 36.8 Å². The van der Waals surface area contributed by atoms with E-state index in [0.717, 1.165) is 5.56 Å². The molecule has 2 N–H and O–H groups in total. The molecular weight excluding hydrogens is 262 g/mol. The fourth-order valence-corrected chi connectivity index (χ4v) is 2.80. The van der Waals surface area contributed by atoms with Crippen LogP contribution in [-0.4, -0.2) is 51.1 Å². The lowest BCUT2D eigenvalue weighted by Crippen LogP contribution is -2.42. The molecule has 0 radical (unpaired) electrons. The van der Waals surface area contributed by atoms with Crippen LogP contribution in [0.5, 0.6) is 0 Å². The van der Waals surface area contributed by atoms with Crippen LogP contribution in [0.1, 0.15) is 16.1 Å². The third-order valence-corrected chi connectivity index (χ3v) is 4.06. The average Bonchev–Trinajstić information content (AvgIpc) is 2.46. The number of carbonyl (C=O) groups is 1. The smallest absolute Gasteiger partial charge is 0.272 e. The van der Waals surface area contributed by atoms with E-state index in [1.807, 2.05) is 0 Å². The number of hydrogen-bond donors (Lipinski definition) is 1. The van der Waals surface area contributed by atoms with Crippen LogP contribution in [0.2, 0.25) is 0 Å². The molecule has 0 aromatic carbocycles. The summed E-state index contributed by atoms with van der Waals surface area (Å²) in [5.41, 5.74) is 6.42. The highest BCUT2D eigenvalue weighted by Gasteiger charge is 2.21. The number of nitrogens with two attached hydrogens (primary N) is 1. The van der Waals surface area contributed by atoms with Crippen molar-refractivity contribution in [1.29, 1.82) is 0 Å². The van der Waals surface area contributed by atoms with Crippen LogP contribution >= 0.6 is 0 Å². The maximum absolute atomic E-state index is 12.1. The summed E-state index contributed by atoms with van der Waals surface area (Å²) < 4.78 is 11.2. The Kier molecular flexibility index (Phi) is 4.66. The summed E-state index contributed by atoms with van der Waals surface area (Å²) in [5, 5.41) is 0. The van der Waals surface area contributed by atoms with Crippen molar-refractivity contribution in [3.05, 3.63) is 29.6 Å². The highest BCUT2D eigenvalue weighted by atomic mass is 32.2. The van der Waals surface area contributed by atoms with Crippen molar-refractivity contribution < 1.29 is 9.00 Å². The topological polar surface area (TPSA) is 76.3 Å². The zero-order valence-electron chi connectivity index (χ0n) is 10.5. The van der Waals surface area contributed by atoms with E-state index >= 15 is 0 Å². The molecule has 2 heterocycles. The van der Waals surface area contributed by atoms with Gasteiger partial charge in [0.25, 0.3) is 5.91 Å². The monoisotopic (exact) mass is 277 g/mol. The van der Waals surface area contributed by atoms with Crippen LogP contribution in [0.4, 0.5) is 0 Å². The summed E-state index contributed by atoms with van der Waals surface area (Å²) in [4.78, 5) is 17.9. The first kappa shape index (κ1) is 13.7. The number of pyridine rings is 1. The van der Waals surface area contributed by atoms with Gasteiger partial charge in [0.15, 0.2) is 0 Å². The summed E-state index contributed by atoms with van der Waals surface area (Å²) in [7, 11) is -0.786. The maximum atomic E-state index is 12.1. The zero-order chi connectivity index (χ0) is 13.7. The van der Waals surface area contributed by atoms with Crippen molar-refractivity contribution in [3.63, 3.8) is 0 Å². The van der Waals surface area contributed by atoms with Gasteiger partial charge in [-0.2, -0.15) is 0 Å². The highest BCUT2D eigenvalue weighted by molar-refractivity contribution is 7.85. The maximum Gasteiger partial charge on any atom is 0.272 e. The van der Waals surface area contributed by atoms with Gasteiger partial charge in [-0.15, -0.1) is 0 Å². The third-order valence-electron chi connectivity index (χ3n) is 2.78. The second-order valence-electron chi connectivity index (χ2n) is 4.08. The summed E-state index contributed by atoms with van der Waals surface area (Å²) in [6, 6.07) is 3.42. The highest BCUT2D eigenvalue weighted by Crippen LogP contribution is 2.07. The molecule has 6 heteroatoms. The van der Waals surface area contributed by atoms with Crippen LogP contribution < -0.4 is 5.73 Å². The molecule has 1 saturated heterocycles. The lowest BCUT2D eigenvalue weighted by Gasteiger charge is -2.25.